The van der Waals surface area contributed by atoms with Crippen molar-refractivity contribution in [2.24, 2.45) is 12.0 Å². The van der Waals surface area contributed by atoms with Crippen LogP contribution in [0.15, 0.2) is 35.3 Å². The van der Waals surface area contributed by atoms with Gasteiger partial charge in [-0.05, 0) is 38.8 Å². The summed E-state index contributed by atoms with van der Waals surface area (Å²) in [5.74, 6) is 0.858. The van der Waals surface area contributed by atoms with E-state index in [0.29, 0.717) is 0 Å². The fraction of sp³-hybridized carbons (Fsp3) is 0.583. The number of unbranched alkanes of at least 4 members (excludes halogenated alkanes) is 1. The molecule has 1 fully saturated rings. The molecule has 0 saturated carbocycles. The highest BCUT2D eigenvalue weighted by Crippen LogP contribution is 2.11. The van der Waals surface area contributed by atoms with Gasteiger partial charge in [-0.2, -0.15) is 5.10 Å². The number of guanidine groups is 1. The minimum Gasteiger partial charge on any atom is -0.356 e. The number of benzene rings is 1. The number of halogens is 1. The number of aromatic nitrogens is 2. The number of hydrogen-bond acceptors (Lipinski definition) is 4. The molecular weight excluding hydrogens is 513 g/mol. The summed E-state index contributed by atoms with van der Waals surface area (Å²) < 4.78 is 1.93. The van der Waals surface area contributed by atoms with Crippen LogP contribution in [0.25, 0.3) is 0 Å². The van der Waals surface area contributed by atoms with E-state index in [1.165, 1.54) is 42.9 Å². The quantitative estimate of drug-likeness (QED) is 0.217. The Morgan fingerprint density at radius 1 is 1.00 bits per heavy atom. The number of hydrogen-bond donors (Lipinski definition) is 2. The minimum absolute atomic E-state index is 0. The first-order valence-corrected chi connectivity index (χ1v) is 11.5. The van der Waals surface area contributed by atoms with Crippen LogP contribution >= 0.6 is 24.0 Å². The molecule has 1 aromatic heterocycles. The summed E-state index contributed by atoms with van der Waals surface area (Å²) in [6.45, 7) is 12.8. The monoisotopic (exact) mass is 553 g/mol. The fourth-order valence-electron chi connectivity index (χ4n) is 4.15. The van der Waals surface area contributed by atoms with Crippen LogP contribution < -0.4 is 10.6 Å². The lowest BCUT2D eigenvalue weighted by Gasteiger charge is -2.34. The first-order chi connectivity index (χ1) is 15.1. The van der Waals surface area contributed by atoms with E-state index in [9.17, 15) is 0 Å². The van der Waals surface area contributed by atoms with Gasteiger partial charge in [-0.3, -0.25) is 14.6 Å². The van der Waals surface area contributed by atoms with Crippen LogP contribution in [0, 0.1) is 13.8 Å². The Hall–Kier alpha value is -1.65. The predicted molar refractivity (Wildman–Crippen MR) is 144 cm³/mol. The second-order valence-corrected chi connectivity index (χ2v) is 8.44. The van der Waals surface area contributed by atoms with Crippen molar-refractivity contribution in [3.8, 4) is 0 Å². The Kier molecular flexibility index (Phi) is 11.5. The molecule has 0 atom stereocenters. The molecule has 0 unspecified atom stereocenters. The van der Waals surface area contributed by atoms with Crippen LogP contribution in [0.3, 0.4) is 0 Å². The third-order valence-electron chi connectivity index (χ3n) is 6.22. The van der Waals surface area contributed by atoms with Crippen molar-refractivity contribution in [3.05, 3.63) is 52.8 Å². The molecule has 0 radical (unpaired) electrons. The zero-order chi connectivity index (χ0) is 22.1. The summed E-state index contributed by atoms with van der Waals surface area (Å²) >= 11 is 0. The maximum Gasteiger partial charge on any atom is 0.191 e. The van der Waals surface area contributed by atoms with Gasteiger partial charge >= 0.3 is 0 Å². The van der Waals surface area contributed by atoms with Gasteiger partial charge in [0.2, 0.25) is 0 Å². The van der Waals surface area contributed by atoms with Crippen LogP contribution in [0.5, 0.6) is 0 Å². The summed E-state index contributed by atoms with van der Waals surface area (Å²) in [5.41, 5.74) is 4.94. The van der Waals surface area contributed by atoms with Crippen LogP contribution in [0.2, 0.25) is 0 Å². The molecule has 1 saturated heterocycles. The lowest BCUT2D eigenvalue weighted by atomic mass is 10.2. The maximum absolute atomic E-state index is 4.48. The van der Waals surface area contributed by atoms with Crippen LogP contribution in [0.1, 0.15) is 35.4 Å². The zero-order valence-electron chi connectivity index (χ0n) is 20.1. The van der Waals surface area contributed by atoms with Gasteiger partial charge in [0.05, 0.1) is 5.69 Å². The van der Waals surface area contributed by atoms with E-state index in [4.69, 9.17) is 0 Å². The van der Waals surface area contributed by atoms with E-state index >= 15 is 0 Å². The molecule has 7 nitrogen and oxygen atoms in total. The molecule has 2 heterocycles. The molecule has 8 heteroatoms. The molecule has 1 aromatic carbocycles. The summed E-state index contributed by atoms with van der Waals surface area (Å²) in [6, 6.07) is 10.8. The van der Waals surface area contributed by atoms with E-state index in [1.807, 2.05) is 18.8 Å². The van der Waals surface area contributed by atoms with E-state index in [1.54, 1.807) is 0 Å². The standard InChI is InChI=1S/C24H39N7.HI/c1-20-23(21(2)29(4)28-20)18-27-24(25-3)26-12-8-9-13-30-14-16-31(17-15-30)19-22-10-6-5-7-11-22;/h5-7,10-11H,8-9,12-19H2,1-4H3,(H2,25,26,27);1H. The van der Waals surface area contributed by atoms with Crippen molar-refractivity contribution < 1.29 is 0 Å². The Morgan fingerprint density at radius 3 is 2.31 bits per heavy atom. The fourth-order valence-corrected chi connectivity index (χ4v) is 4.15. The lowest BCUT2D eigenvalue weighted by molar-refractivity contribution is 0.126. The molecule has 32 heavy (non-hydrogen) atoms. The largest absolute Gasteiger partial charge is 0.356 e. The van der Waals surface area contributed by atoms with E-state index < -0.39 is 0 Å². The van der Waals surface area contributed by atoms with Gasteiger partial charge in [0.15, 0.2) is 5.96 Å². The van der Waals surface area contributed by atoms with E-state index in [-0.39, 0.29) is 24.0 Å². The van der Waals surface area contributed by atoms with Gasteiger partial charge in [-0.25, -0.2) is 0 Å². The molecule has 1 aliphatic heterocycles. The topological polar surface area (TPSA) is 60.7 Å². The van der Waals surface area contributed by atoms with Crippen molar-refractivity contribution >= 4 is 29.9 Å². The van der Waals surface area contributed by atoms with Gasteiger partial charge in [-0.15, -0.1) is 24.0 Å². The summed E-state index contributed by atoms with van der Waals surface area (Å²) in [6.07, 6.45) is 2.36. The smallest absolute Gasteiger partial charge is 0.191 e. The SMILES string of the molecule is CN=C(NCCCCN1CCN(Cc2ccccc2)CC1)NCc1c(C)nn(C)c1C.I. The summed E-state index contributed by atoms with van der Waals surface area (Å²) in [7, 11) is 3.81. The third-order valence-corrected chi connectivity index (χ3v) is 6.22. The second-order valence-electron chi connectivity index (χ2n) is 8.44. The Labute approximate surface area is 210 Å². The van der Waals surface area contributed by atoms with Crippen LogP contribution in [-0.4, -0.2) is 71.9 Å². The minimum atomic E-state index is 0. The number of aryl methyl sites for hydroxylation is 2. The zero-order valence-corrected chi connectivity index (χ0v) is 22.4. The van der Waals surface area contributed by atoms with E-state index in [0.717, 1.165) is 50.8 Å². The average Bonchev–Trinajstić information content (AvgIpc) is 3.03. The summed E-state index contributed by atoms with van der Waals surface area (Å²) in [4.78, 5) is 9.51. The van der Waals surface area contributed by atoms with Crippen molar-refractivity contribution in [2.75, 3.05) is 46.3 Å². The van der Waals surface area contributed by atoms with Crippen LogP contribution in [-0.2, 0) is 20.1 Å². The van der Waals surface area contributed by atoms with E-state index in [2.05, 4.69) is 74.7 Å². The normalized spacial score (nSPS) is 15.4. The molecule has 0 amide bonds. The highest BCUT2D eigenvalue weighted by atomic mass is 127. The Bertz CT molecular complexity index is 826. The summed E-state index contributed by atoms with van der Waals surface area (Å²) in [5, 5.41) is 11.3. The van der Waals surface area contributed by atoms with Gasteiger partial charge in [0.25, 0.3) is 0 Å². The molecule has 2 N–H and O–H groups in total. The first-order valence-electron chi connectivity index (χ1n) is 11.5. The number of aliphatic imine (C=N–C) groups is 1. The molecule has 178 valence electrons. The Morgan fingerprint density at radius 2 is 1.69 bits per heavy atom. The molecule has 1 aliphatic rings. The van der Waals surface area contributed by atoms with Crippen molar-refractivity contribution in [1.82, 2.24) is 30.2 Å². The van der Waals surface area contributed by atoms with Gasteiger partial charge < -0.3 is 15.5 Å². The van der Waals surface area contributed by atoms with Gasteiger partial charge in [0.1, 0.15) is 0 Å². The molecule has 0 aliphatic carbocycles. The van der Waals surface area contributed by atoms with Crippen molar-refractivity contribution in [3.63, 3.8) is 0 Å². The predicted octanol–water partition coefficient (Wildman–Crippen LogP) is 2.92. The lowest BCUT2D eigenvalue weighted by Crippen LogP contribution is -2.46. The maximum atomic E-state index is 4.48. The second kappa shape index (κ2) is 13.8. The number of nitrogens with zero attached hydrogens (tertiary/aromatic N) is 5. The highest BCUT2D eigenvalue weighted by molar-refractivity contribution is 14.0. The van der Waals surface area contributed by atoms with Crippen LogP contribution in [0.4, 0.5) is 0 Å². The average molecular weight is 554 g/mol. The van der Waals surface area contributed by atoms with Crippen molar-refractivity contribution in [1.29, 1.82) is 0 Å². The van der Waals surface area contributed by atoms with Gasteiger partial charge in [0, 0.05) is 71.2 Å². The highest BCUT2D eigenvalue weighted by Gasteiger charge is 2.16. The molecular formula is C24H40IN7. The molecule has 0 spiro atoms. The Balaban J connectivity index is 0.00000363. The molecule has 2 aromatic rings. The molecule has 0 bridgehead atoms. The number of rotatable bonds is 9. The van der Waals surface area contributed by atoms with Gasteiger partial charge in [-0.1, -0.05) is 30.3 Å². The number of nitrogens with one attached hydrogen (secondary N) is 2. The van der Waals surface area contributed by atoms with Crippen molar-refractivity contribution in [2.45, 2.75) is 39.8 Å². The number of piperazine rings is 1. The first kappa shape index (κ1) is 26.6. The third kappa shape index (κ3) is 8.04. The molecule has 3 rings (SSSR count).